The lowest BCUT2D eigenvalue weighted by Crippen LogP contribution is -2.17. The van der Waals surface area contributed by atoms with Crippen molar-refractivity contribution in [1.82, 2.24) is 0 Å². The number of sulfone groups is 1. The number of methoxy groups -OCH3 is 1. The molecule has 0 bridgehead atoms. The van der Waals surface area contributed by atoms with Gasteiger partial charge in [-0.2, -0.15) is 0 Å². The molecule has 138 valence electrons. The molecule has 0 aliphatic heterocycles. The SMILES string of the molecule is COc1ccc(S(=O)(=O)CCC(=O)OCC(=O)c2ccc(F)cc2)cc1. The van der Waals surface area contributed by atoms with Crippen molar-refractivity contribution in [2.24, 2.45) is 0 Å². The molecular formula is C18H17FO6S. The Morgan fingerprint density at radius 3 is 2.19 bits per heavy atom. The summed E-state index contributed by atoms with van der Waals surface area (Å²) in [6.07, 6.45) is -0.384. The van der Waals surface area contributed by atoms with Crippen LogP contribution in [0.25, 0.3) is 0 Å². The summed E-state index contributed by atoms with van der Waals surface area (Å²) in [5.74, 6) is -1.72. The molecule has 0 amide bonds. The van der Waals surface area contributed by atoms with Crippen molar-refractivity contribution in [3.05, 3.63) is 59.9 Å². The lowest BCUT2D eigenvalue weighted by atomic mass is 10.1. The van der Waals surface area contributed by atoms with E-state index in [0.717, 1.165) is 12.1 Å². The fraction of sp³-hybridized carbons (Fsp3) is 0.222. The highest BCUT2D eigenvalue weighted by molar-refractivity contribution is 7.91. The first-order valence-corrected chi connectivity index (χ1v) is 9.28. The zero-order chi connectivity index (χ0) is 19.2. The normalized spacial score (nSPS) is 11.0. The zero-order valence-electron chi connectivity index (χ0n) is 14.0. The van der Waals surface area contributed by atoms with Crippen molar-refractivity contribution in [2.75, 3.05) is 19.5 Å². The van der Waals surface area contributed by atoms with Crippen molar-refractivity contribution < 1.29 is 31.9 Å². The van der Waals surface area contributed by atoms with Gasteiger partial charge in [-0.25, -0.2) is 12.8 Å². The molecule has 0 unspecified atom stereocenters. The lowest BCUT2D eigenvalue weighted by molar-refractivity contribution is -0.142. The molecule has 6 nitrogen and oxygen atoms in total. The van der Waals surface area contributed by atoms with Crippen LogP contribution in [0.4, 0.5) is 4.39 Å². The fourth-order valence-corrected chi connectivity index (χ4v) is 3.28. The summed E-state index contributed by atoms with van der Waals surface area (Å²) in [5.41, 5.74) is 0.199. The molecule has 0 saturated carbocycles. The van der Waals surface area contributed by atoms with Gasteiger partial charge in [0.2, 0.25) is 0 Å². The Bertz CT molecular complexity index is 873. The first-order valence-electron chi connectivity index (χ1n) is 7.63. The predicted octanol–water partition coefficient (Wildman–Crippen LogP) is 2.42. The van der Waals surface area contributed by atoms with E-state index in [9.17, 15) is 22.4 Å². The Balaban J connectivity index is 1.85. The summed E-state index contributed by atoms with van der Waals surface area (Å²) in [6, 6.07) is 10.6. The number of Topliss-reactive ketones (excluding diaryl/α,β-unsaturated/α-hetero) is 1. The highest BCUT2D eigenvalue weighted by Gasteiger charge is 2.18. The van der Waals surface area contributed by atoms with Crippen LogP contribution in [0.5, 0.6) is 5.75 Å². The Morgan fingerprint density at radius 1 is 1.00 bits per heavy atom. The van der Waals surface area contributed by atoms with E-state index in [1.54, 1.807) is 0 Å². The number of ketones is 1. The van der Waals surface area contributed by atoms with Crippen LogP contribution >= 0.6 is 0 Å². The zero-order valence-corrected chi connectivity index (χ0v) is 14.8. The second-order valence-corrected chi connectivity index (χ2v) is 7.44. The van der Waals surface area contributed by atoms with E-state index in [-0.39, 0.29) is 16.9 Å². The number of hydrogen-bond acceptors (Lipinski definition) is 6. The molecule has 26 heavy (non-hydrogen) atoms. The molecular weight excluding hydrogens is 363 g/mol. The van der Waals surface area contributed by atoms with E-state index in [1.807, 2.05) is 0 Å². The van der Waals surface area contributed by atoms with E-state index >= 15 is 0 Å². The van der Waals surface area contributed by atoms with E-state index in [1.165, 1.54) is 43.5 Å². The topological polar surface area (TPSA) is 86.7 Å². The Morgan fingerprint density at radius 2 is 1.62 bits per heavy atom. The van der Waals surface area contributed by atoms with Crippen LogP contribution in [-0.2, 0) is 19.4 Å². The number of hydrogen-bond donors (Lipinski definition) is 0. The minimum Gasteiger partial charge on any atom is -0.497 e. The van der Waals surface area contributed by atoms with Gasteiger partial charge in [0.1, 0.15) is 11.6 Å². The molecule has 0 saturated heterocycles. The summed E-state index contributed by atoms with van der Waals surface area (Å²) in [7, 11) is -2.19. The van der Waals surface area contributed by atoms with Crippen LogP contribution in [0, 0.1) is 5.82 Å². The van der Waals surface area contributed by atoms with Crippen LogP contribution in [0.2, 0.25) is 0 Å². The third-order valence-electron chi connectivity index (χ3n) is 3.52. The molecule has 2 aromatic rings. The maximum absolute atomic E-state index is 12.8. The summed E-state index contributed by atoms with van der Waals surface area (Å²) in [4.78, 5) is 23.6. The van der Waals surface area contributed by atoms with E-state index < -0.39 is 39.8 Å². The molecule has 0 aliphatic carbocycles. The molecule has 0 spiro atoms. The number of carbonyl (C=O) groups is 2. The molecule has 2 aromatic carbocycles. The Hall–Kier alpha value is -2.74. The molecule has 8 heteroatoms. The van der Waals surface area contributed by atoms with Crippen LogP contribution in [0.3, 0.4) is 0 Å². The third kappa shape index (κ3) is 5.38. The first-order chi connectivity index (χ1) is 12.3. The molecule has 0 atom stereocenters. The summed E-state index contributed by atoms with van der Waals surface area (Å²) in [5, 5.41) is 0. The van der Waals surface area contributed by atoms with Crippen molar-refractivity contribution in [3.63, 3.8) is 0 Å². The monoisotopic (exact) mass is 380 g/mol. The Labute approximate surface area is 150 Å². The number of halogens is 1. The van der Waals surface area contributed by atoms with Crippen molar-refractivity contribution in [1.29, 1.82) is 0 Å². The minimum absolute atomic E-state index is 0.0634. The van der Waals surface area contributed by atoms with Gasteiger partial charge < -0.3 is 9.47 Å². The molecule has 0 N–H and O–H groups in total. The van der Waals surface area contributed by atoms with Crippen LogP contribution in [-0.4, -0.2) is 39.6 Å². The van der Waals surface area contributed by atoms with Gasteiger partial charge in [0, 0.05) is 5.56 Å². The van der Waals surface area contributed by atoms with Crippen molar-refractivity contribution in [2.45, 2.75) is 11.3 Å². The predicted molar refractivity (Wildman–Crippen MR) is 91.4 cm³/mol. The summed E-state index contributed by atoms with van der Waals surface area (Å²) < 4.78 is 46.9. The van der Waals surface area contributed by atoms with Crippen molar-refractivity contribution in [3.8, 4) is 5.75 Å². The van der Waals surface area contributed by atoms with E-state index in [0.29, 0.717) is 5.75 Å². The van der Waals surface area contributed by atoms with Gasteiger partial charge >= 0.3 is 5.97 Å². The highest BCUT2D eigenvalue weighted by atomic mass is 32.2. The fourth-order valence-electron chi connectivity index (χ4n) is 2.06. The molecule has 0 aromatic heterocycles. The smallest absolute Gasteiger partial charge is 0.307 e. The summed E-state index contributed by atoms with van der Waals surface area (Å²) in [6.45, 7) is -0.535. The maximum atomic E-state index is 12.8. The molecule has 0 radical (unpaired) electrons. The molecule has 0 aliphatic rings. The molecule has 2 rings (SSSR count). The van der Waals surface area contributed by atoms with Crippen LogP contribution in [0.15, 0.2) is 53.4 Å². The van der Waals surface area contributed by atoms with E-state index in [4.69, 9.17) is 9.47 Å². The van der Waals surface area contributed by atoms with Gasteiger partial charge in [-0.05, 0) is 48.5 Å². The summed E-state index contributed by atoms with van der Waals surface area (Å²) >= 11 is 0. The van der Waals surface area contributed by atoms with Gasteiger partial charge in [-0.1, -0.05) is 0 Å². The average Bonchev–Trinajstić information content (AvgIpc) is 2.65. The van der Waals surface area contributed by atoms with Crippen LogP contribution in [0.1, 0.15) is 16.8 Å². The maximum Gasteiger partial charge on any atom is 0.307 e. The van der Waals surface area contributed by atoms with Gasteiger partial charge in [0.15, 0.2) is 22.2 Å². The molecule has 0 fully saturated rings. The van der Waals surface area contributed by atoms with E-state index in [2.05, 4.69) is 0 Å². The number of carbonyl (C=O) groups excluding carboxylic acids is 2. The number of rotatable bonds is 8. The highest BCUT2D eigenvalue weighted by Crippen LogP contribution is 2.17. The second-order valence-electron chi connectivity index (χ2n) is 5.34. The lowest BCUT2D eigenvalue weighted by Gasteiger charge is -2.07. The number of ether oxygens (including phenoxy) is 2. The standard InChI is InChI=1S/C18H17FO6S/c1-24-15-6-8-16(9-7-15)26(22,23)11-10-18(21)25-12-17(20)13-2-4-14(19)5-3-13/h2-9H,10-12H2,1H3. The van der Waals surface area contributed by atoms with Gasteiger partial charge in [-0.15, -0.1) is 0 Å². The largest absolute Gasteiger partial charge is 0.497 e. The minimum atomic E-state index is -3.66. The van der Waals surface area contributed by atoms with Crippen molar-refractivity contribution >= 4 is 21.6 Å². The number of benzene rings is 2. The molecule has 0 heterocycles. The number of esters is 1. The second kappa shape index (κ2) is 8.57. The van der Waals surface area contributed by atoms with Gasteiger partial charge in [-0.3, -0.25) is 9.59 Å². The van der Waals surface area contributed by atoms with Crippen LogP contribution < -0.4 is 4.74 Å². The quantitative estimate of drug-likeness (QED) is 0.516. The Kier molecular flexibility index (Phi) is 6.46. The van der Waals surface area contributed by atoms with Gasteiger partial charge in [0.25, 0.3) is 0 Å². The third-order valence-corrected chi connectivity index (χ3v) is 5.26. The first kappa shape index (κ1) is 19.6. The average molecular weight is 380 g/mol. The van der Waals surface area contributed by atoms with Gasteiger partial charge in [0.05, 0.1) is 24.2 Å².